The van der Waals surface area contributed by atoms with Gasteiger partial charge in [0.1, 0.15) is 4.83 Å². The molecule has 3 heterocycles. The van der Waals surface area contributed by atoms with Crippen LogP contribution in [0.5, 0.6) is 0 Å². The standard InChI is InChI=1S/C25H22ClN3O2S/c1-16-21(18-5-3-2-4-6-18)22-24(30)27-23(28-25(22)32-16)20(26)15-17-7-9-19(10-8-17)29-11-13-31-14-12-29/h2-10,15H,11-14H2,1H3,(H,27,28,30)/b20-15-. The molecule has 1 saturated heterocycles. The molecule has 1 aliphatic rings. The minimum Gasteiger partial charge on any atom is -0.378 e. The number of H-pyrrole nitrogens is 1. The van der Waals surface area contributed by atoms with E-state index in [4.69, 9.17) is 16.3 Å². The molecule has 1 fully saturated rings. The molecular formula is C25H22ClN3O2S. The summed E-state index contributed by atoms with van der Waals surface area (Å²) in [6.07, 6.45) is 1.83. The van der Waals surface area contributed by atoms with Gasteiger partial charge in [-0.1, -0.05) is 54.1 Å². The van der Waals surface area contributed by atoms with Crippen LogP contribution in [0.4, 0.5) is 5.69 Å². The van der Waals surface area contributed by atoms with E-state index in [9.17, 15) is 4.79 Å². The fraction of sp³-hybridized carbons (Fsp3) is 0.200. The molecule has 0 bridgehead atoms. The van der Waals surface area contributed by atoms with Crippen molar-refractivity contribution in [1.82, 2.24) is 9.97 Å². The lowest BCUT2D eigenvalue weighted by Crippen LogP contribution is -2.36. The molecule has 1 aliphatic heterocycles. The predicted molar refractivity (Wildman–Crippen MR) is 134 cm³/mol. The number of thiophene rings is 1. The van der Waals surface area contributed by atoms with Crippen molar-refractivity contribution in [3.8, 4) is 11.1 Å². The summed E-state index contributed by atoms with van der Waals surface area (Å²) >= 11 is 8.08. The molecule has 2 aromatic heterocycles. The smallest absolute Gasteiger partial charge is 0.260 e. The molecule has 0 saturated carbocycles. The van der Waals surface area contributed by atoms with Crippen LogP contribution in [-0.2, 0) is 4.74 Å². The molecule has 0 aliphatic carbocycles. The number of aryl methyl sites for hydroxylation is 1. The summed E-state index contributed by atoms with van der Waals surface area (Å²) in [5.41, 5.74) is 3.88. The quantitative estimate of drug-likeness (QED) is 0.432. The summed E-state index contributed by atoms with van der Waals surface area (Å²) < 4.78 is 5.42. The van der Waals surface area contributed by atoms with Crippen LogP contribution in [0.15, 0.2) is 59.4 Å². The van der Waals surface area contributed by atoms with Gasteiger partial charge in [-0.25, -0.2) is 4.98 Å². The van der Waals surface area contributed by atoms with Gasteiger partial charge in [-0.15, -0.1) is 11.3 Å². The zero-order chi connectivity index (χ0) is 22.1. The van der Waals surface area contributed by atoms with E-state index in [0.29, 0.717) is 21.1 Å². The van der Waals surface area contributed by atoms with Crippen molar-refractivity contribution in [3.05, 3.63) is 81.2 Å². The number of benzene rings is 2. The molecular weight excluding hydrogens is 442 g/mol. The van der Waals surface area contributed by atoms with Crippen molar-refractivity contribution in [2.75, 3.05) is 31.2 Å². The Hall–Kier alpha value is -2.93. The van der Waals surface area contributed by atoms with E-state index in [1.54, 1.807) is 0 Å². The van der Waals surface area contributed by atoms with Gasteiger partial charge in [-0.2, -0.15) is 0 Å². The molecule has 162 valence electrons. The first-order chi connectivity index (χ1) is 15.6. The molecule has 5 rings (SSSR count). The van der Waals surface area contributed by atoms with Crippen molar-refractivity contribution < 1.29 is 4.74 Å². The van der Waals surface area contributed by atoms with Crippen LogP contribution in [0.25, 0.3) is 32.5 Å². The van der Waals surface area contributed by atoms with Crippen molar-refractivity contribution in [1.29, 1.82) is 0 Å². The molecule has 5 nitrogen and oxygen atoms in total. The second-order valence-electron chi connectivity index (χ2n) is 7.68. The first kappa shape index (κ1) is 20.9. The molecule has 0 radical (unpaired) electrons. The summed E-state index contributed by atoms with van der Waals surface area (Å²) in [7, 11) is 0. The number of nitrogens with zero attached hydrogens (tertiary/aromatic N) is 2. The predicted octanol–water partition coefficient (Wildman–Crippen LogP) is 5.53. The first-order valence-corrected chi connectivity index (χ1v) is 11.7. The third kappa shape index (κ3) is 4.09. The highest BCUT2D eigenvalue weighted by Gasteiger charge is 2.17. The summed E-state index contributed by atoms with van der Waals surface area (Å²) in [5.74, 6) is 0.377. The van der Waals surface area contributed by atoms with Crippen molar-refractivity contribution in [3.63, 3.8) is 0 Å². The molecule has 0 atom stereocenters. The number of hydrogen-bond donors (Lipinski definition) is 1. The van der Waals surface area contributed by atoms with Crippen LogP contribution in [0, 0.1) is 6.92 Å². The van der Waals surface area contributed by atoms with E-state index in [-0.39, 0.29) is 5.56 Å². The maximum atomic E-state index is 13.0. The number of fused-ring (bicyclic) bond motifs is 1. The normalized spacial score (nSPS) is 14.8. The first-order valence-electron chi connectivity index (χ1n) is 10.5. The van der Waals surface area contributed by atoms with Crippen LogP contribution in [0.1, 0.15) is 16.3 Å². The largest absolute Gasteiger partial charge is 0.378 e. The monoisotopic (exact) mass is 463 g/mol. The lowest BCUT2D eigenvalue weighted by atomic mass is 10.0. The van der Waals surface area contributed by atoms with Crippen molar-refractivity contribution >= 4 is 50.0 Å². The number of morpholine rings is 1. The molecule has 0 amide bonds. The molecule has 7 heteroatoms. The minimum atomic E-state index is -0.178. The Bertz CT molecular complexity index is 1340. The fourth-order valence-corrected chi connectivity index (χ4v) is 5.26. The summed E-state index contributed by atoms with van der Waals surface area (Å²) in [4.78, 5) is 24.6. The van der Waals surface area contributed by atoms with Crippen LogP contribution >= 0.6 is 22.9 Å². The van der Waals surface area contributed by atoms with E-state index in [1.165, 1.54) is 11.3 Å². The highest BCUT2D eigenvalue weighted by molar-refractivity contribution is 7.19. The fourth-order valence-electron chi connectivity index (χ4n) is 4.00. The number of rotatable bonds is 4. The number of hydrogen-bond acceptors (Lipinski definition) is 5. The van der Waals surface area contributed by atoms with Crippen molar-refractivity contribution in [2.45, 2.75) is 6.92 Å². The average molecular weight is 464 g/mol. The van der Waals surface area contributed by atoms with E-state index < -0.39 is 0 Å². The Kier molecular flexibility index (Phi) is 5.83. The van der Waals surface area contributed by atoms with Gasteiger partial charge in [0, 0.05) is 29.2 Å². The van der Waals surface area contributed by atoms with E-state index in [1.807, 2.05) is 55.5 Å². The molecule has 0 spiro atoms. The molecule has 0 unspecified atom stereocenters. The number of aromatic nitrogens is 2. The topological polar surface area (TPSA) is 58.2 Å². The molecule has 4 aromatic rings. The van der Waals surface area contributed by atoms with Gasteiger partial charge in [0.25, 0.3) is 5.56 Å². The number of anilines is 1. The second kappa shape index (κ2) is 8.90. The number of ether oxygens (including phenoxy) is 1. The Morgan fingerprint density at radius 1 is 1.12 bits per heavy atom. The van der Waals surface area contributed by atoms with Gasteiger partial charge in [0.2, 0.25) is 0 Å². The Morgan fingerprint density at radius 3 is 2.56 bits per heavy atom. The highest BCUT2D eigenvalue weighted by atomic mass is 35.5. The molecule has 1 N–H and O–H groups in total. The number of halogens is 1. The molecule has 32 heavy (non-hydrogen) atoms. The number of aromatic amines is 1. The van der Waals surface area contributed by atoms with E-state index >= 15 is 0 Å². The minimum absolute atomic E-state index is 0.178. The van der Waals surface area contributed by atoms with Gasteiger partial charge < -0.3 is 14.6 Å². The van der Waals surface area contributed by atoms with Gasteiger partial charge in [-0.05, 0) is 36.3 Å². The highest BCUT2D eigenvalue weighted by Crippen LogP contribution is 2.36. The summed E-state index contributed by atoms with van der Waals surface area (Å²) in [5, 5.41) is 1.01. The average Bonchev–Trinajstić information content (AvgIpc) is 3.17. The van der Waals surface area contributed by atoms with E-state index in [0.717, 1.165) is 53.6 Å². The molecule has 2 aromatic carbocycles. The van der Waals surface area contributed by atoms with Crippen LogP contribution < -0.4 is 10.5 Å². The Morgan fingerprint density at radius 2 is 1.84 bits per heavy atom. The lowest BCUT2D eigenvalue weighted by Gasteiger charge is -2.28. The van der Waals surface area contributed by atoms with Gasteiger partial charge in [-0.3, -0.25) is 4.79 Å². The summed E-state index contributed by atoms with van der Waals surface area (Å²) in [6.45, 7) is 5.31. The van der Waals surface area contributed by atoms with Gasteiger partial charge in [0.15, 0.2) is 5.82 Å². The van der Waals surface area contributed by atoms with Crippen LogP contribution in [-0.4, -0.2) is 36.3 Å². The third-order valence-electron chi connectivity index (χ3n) is 5.59. The maximum absolute atomic E-state index is 13.0. The number of nitrogens with one attached hydrogen (secondary N) is 1. The maximum Gasteiger partial charge on any atom is 0.260 e. The van der Waals surface area contributed by atoms with E-state index in [2.05, 4.69) is 27.0 Å². The zero-order valence-electron chi connectivity index (χ0n) is 17.6. The second-order valence-corrected chi connectivity index (χ2v) is 9.29. The van der Waals surface area contributed by atoms with Crippen LogP contribution in [0.2, 0.25) is 0 Å². The van der Waals surface area contributed by atoms with Gasteiger partial charge in [0.05, 0.1) is 23.6 Å². The zero-order valence-corrected chi connectivity index (χ0v) is 19.2. The van der Waals surface area contributed by atoms with Gasteiger partial charge >= 0.3 is 0 Å². The third-order valence-corrected chi connectivity index (χ3v) is 6.88. The van der Waals surface area contributed by atoms with Crippen LogP contribution in [0.3, 0.4) is 0 Å². The Labute approximate surface area is 195 Å². The summed E-state index contributed by atoms with van der Waals surface area (Å²) in [6, 6.07) is 18.1. The lowest BCUT2D eigenvalue weighted by molar-refractivity contribution is 0.122. The van der Waals surface area contributed by atoms with Crippen molar-refractivity contribution in [2.24, 2.45) is 0 Å². The Balaban J connectivity index is 1.47. The SMILES string of the molecule is Cc1sc2nc(/C(Cl)=C/c3ccc(N4CCOCC4)cc3)[nH]c(=O)c2c1-c1ccccc1.